The van der Waals surface area contributed by atoms with E-state index in [-0.39, 0.29) is 11.9 Å². The van der Waals surface area contributed by atoms with Gasteiger partial charge < -0.3 is 9.84 Å². The van der Waals surface area contributed by atoms with E-state index in [0.29, 0.717) is 27.4 Å². The minimum absolute atomic E-state index is 0.288. The number of hydrogen-bond acceptors (Lipinski definition) is 4. The maximum absolute atomic E-state index is 13.3. The molecule has 1 aliphatic rings. The van der Waals surface area contributed by atoms with Gasteiger partial charge in [0.1, 0.15) is 5.82 Å². The van der Waals surface area contributed by atoms with E-state index < -0.39 is 0 Å². The molecule has 0 aliphatic carbocycles. The molecule has 1 unspecified atom stereocenters. The number of nitrogens with one attached hydrogen (secondary N) is 1. The number of halogens is 2. The monoisotopic (exact) mass is 476 g/mol. The highest BCUT2D eigenvalue weighted by Crippen LogP contribution is 2.39. The zero-order valence-corrected chi connectivity index (χ0v) is 19.1. The van der Waals surface area contributed by atoms with Gasteiger partial charge in [0.2, 0.25) is 5.82 Å². The summed E-state index contributed by atoms with van der Waals surface area (Å²) in [5, 5.41) is 8.75. The van der Waals surface area contributed by atoms with Crippen LogP contribution in [-0.4, -0.2) is 15.3 Å². The van der Waals surface area contributed by atoms with Crippen molar-refractivity contribution in [3.05, 3.63) is 107 Å². The predicted molar refractivity (Wildman–Crippen MR) is 131 cm³/mol. The Balaban J connectivity index is 1.64. The molecule has 33 heavy (non-hydrogen) atoms. The third-order valence-corrected chi connectivity index (χ3v) is 6.01. The van der Waals surface area contributed by atoms with Crippen molar-refractivity contribution < 1.29 is 8.91 Å². The molecule has 1 aliphatic heterocycles. The normalized spacial score (nSPS) is 16.2. The van der Waals surface area contributed by atoms with Crippen LogP contribution < -0.4 is 10.2 Å². The SMILES string of the molecule is CC1=C(c2nc(-c3ccc(F)cc3)no2)C(c2ccccc2)NC(=S)N1c1ccc(Cl)cc1. The van der Waals surface area contributed by atoms with Crippen molar-refractivity contribution in [3.63, 3.8) is 0 Å². The van der Waals surface area contributed by atoms with E-state index >= 15 is 0 Å². The quantitative estimate of drug-likeness (QED) is 0.344. The molecule has 1 aromatic heterocycles. The number of aromatic nitrogens is 2. The number of nitrogens with zero attached hydrogens (tertiary/aromatic N) is 3. The fraction of sp³-hybridized carbons (Fsp3) is 0.0800. The summed E-state index contributed by atoms with van der Waals surface area (Å²) in [7, 11) is 0. The molecular weight excluding hydrogens is 459 g/mol. The molecule has 164 valence electrons. The molecule has 5 rings (SSSR count). The van der Waals surface area contributed by atoms with Crippen LogP contribution in [0.1, 0.15) is 24.4 Å². The lowest BCUT2D eigenvalue weighted by atomic mass is 9.94. The van der Waals surface area contributed by atoms with E-state index in [1.165, 1.54) is 12.1 Å². The van der Waals surface area contributed by atoms with Gasteiger partial charge >= 0.3 is 0 Å². The van der Waals surface area contributed by atoms with Crippen LogP contribution in [0.5, 0.6) is 0 Å². The summed E-state index contributed by atoms with van der Waals surface area (Å²) in [5.41, 5.74) is 4.17. The summed E-state index contributed by atoms with van der Waals surface area (Å²) in [4.78, 5) is 6.56. The first-order valence-corrected chi connectivity index (χ1v) is 11.0. The predicted octanol–water partition coefficient (Wildman–Crippen LogP) is 6.40. The average molecular weight is 477 g/mol. The molecular formula is C25H18ClFN4OS. The molecule has 0 radical (unpaired) electrons. The Kier molecular flexibility index (Phi) is 5.66. The number of thiocarbonyl (C=S) groups is 1. The number of anilines is 1. The van der Waals surface area contributed by atoms with Gasteiger partial charge in [0.25, 0.3) is 5.89 Å². The summed E-state index contributed by atoms with van der Waals surface area (Å²) in [6.07, 6.45) is 0. The van der Waals surface area contributed by atoms with Crippen molar-refractivity contribution in [3.8, 4) is 11.4 Å². The van der Waals surface area contributed by atoms with E-state index in [0.717, 1.165) is 22.5 Å². The number of benzene rings is 3. The lowest BCUT2D eigenvalue weighted by Crippen LogP contribution is -2.46. The Labute approximate surface area is 200 Å². The van der Waals surface area contributed by atoms with Crippen molar-refractivity contribution >= 4 is 40.2 Å². The van der Waals surface area contributed by atoms with Crippen molar-refractivity contribution in [2.24, 2.45) is 0 Å². The maximum atomic E-state index is 13.3. The number of allylic oxidation sites excluding steroid dienone is 1. The van der Waals surface area contributed by atoms with Crippen LogP contribution in [-0.2, 0) is 0 Å². The van der Waals surface area contributed by atoms with Gasteiger partial charge in [-0.05, 0) is 73.2 Å². The Bertz CT molecular complexity index is 1340. The summed E-state index contributed by atoms with van der Waals surface area (Å²) in [6.45, 7) is 1.97. The molecule has 0 spiro atoms. The van der Waals surface area contributed by atoms with Crippen LogP contribution in [0.2, 0.25) is 5.02 Å². The van der Waals surface area contributed by atoms with Gasteiger partial charge in [0, 0.05) is 22.0 Å². The van der Waals surface area contributed by atoms with Crippen LogP contribution in [0.4, 0.5) is 10.1 Å². The maximum Gasteiger partial charge on any atom is 0.258 e. The standard InChI is InChI=1S/C25H18ClFN4OS/c1-15-21(24-29-23(30-32-24)17-7-11-19(27)12-8-17)22(16-5-3-2-4-6-16)28-25(33)31(15)20-13-9-18(26)10-14-20/h2-14,22H,1H3,(H,28,33). The Morgan fingerprint density at radius 3 is 2.39 bits per heavy atom. The van der Waals surface area contributed by atoms with Crippen LogP contribution >= 0.6 is 23.8 Å². The Morgan fingerprint density at radius 1 is 1.00 bits per heavy atom. The summed E-state index contributed by atoms with van der Waals surface area (Å²) < 4.78 is 19.1. The van der Waals surface area contributed by atoms with Crippen LogP contribution in [0.15, 0.2) is 89.1 Å². The van der Waals surface area contributed by atoms with Gasteiger partial charge in [-0.3, -0.25) is 4.90 Å². The lowest BCUT2D eigenvalue weighted by Gasteiger charge is -2.37. The molecule has 8 heteroatoms. The van der Waals surface area contributed by atoms with Gasteiger partial charge in [-0.1, -0.05) is 47.1 Å². The van der Waals surface area contributed by atoms with Gasteiger partial charge in [-0.25, -0.2) is 4.39 Å². The molecule has 2 heterocycles. The molecule has 0 bridgehead atoms. The largest absolute Gasteiger partial charge is 0.351 e. The molecule has 4 aromatic rings. The fourth-order valence-electron chi connectivity index (χ4n) is 3.87. The smallest absolute Gasteiger partial charge is 0.258 e. The molecule has 3 aromatic carbocycles. The topological polar surface area (TPSA) is 54.2 Å². The van der Waals surface area contributed by atoms with Crippen LogP contribution in [0.3, 0.4) is 0 Å². The summed E-state index contributed by atoms with van der Waals surface area (Å²) in [6, 6.07) is 23.0. The first-order chi connectivity index (χ1) is 16.0. The number of hydrogen-bond donors (Lipinski definition) is 1. The molecule has 0 fully saturated rings. The molecule has 0 amide bonds. The van der Waals surface area contributed by atoms with Crippen molar-refractivity contribution in [2.75, 3.05) is 4.90 Å². The van der Waals surface area contributed by atoms with Gasteiger partial charge in [0.15, 0.2) is 5.11 Å². The fourth-order valence-corrected chi connectivity index (χ4v) is 4.35. The Hall–Kier alpha value is -3.55. The Morgan fingerprint density at radius 2 is 1.70 bits per heavy atom. The minimum atomic E-state index is -0.325. The molecule has 5 nitrogen and oxygen atoms in total. The minimum Gasteiger partial charge on any atom is -0.351 e. The zero-order valence-electron chi connectivity index (χ0n) is 17.5. The van der Waals surface area contributed by atoms with E-state index in [2.05, 4.69) is 15.5 Å². The van der Waals surface area contributed by atoms with E-state index in [1.54, 1.807) is 12.1 Å². The molecule has 1 N–H and O–H groups in total. The zero-order chi connectivity index (χ0) is 22.9. The third kappa shape index (κ3) is 4.13. The van der Waals surface area contributed by atoms with Crippen molar-refractivity contribution in [1.29, 1.82) is 0 Å². The number of rotatable bonds is 4. The third-order valence-electron chi connectivity index (χ3n) is 5.46. The van der Waals surface area contributed by atoms with Gasteiger partial charge in [-0.15, -0.1) is 0 Å². The van der Waals surface area contributed by atoms with Gasteiger partial charge in [-0.2, -0.15) is 4.98 Å². The summed E-state index contributed by atoms with van der Waals surface area (Å²) in [5.74, 6) is 0.409. The van der Waals surface area contributed by atoms with Gasteiger partial charge in [0.05, 0.1) is 11.6 Å². The van der Waals surface area contributed by atoms with Crippen molar-refractivity contribution in [2.45, 2.75) is 13.0 Å². The molecule has 0 saturated heterocycles. The highest BCUT2D eigenvalue weighted by Gasteiger charge is 2.34. The second-order valence-corrected chi connectivity index (χ2v) is 8.36. The van der Waals surface area contributed by atoms with Crippen LogP contribution in [0, 0.1) is 5.82 Å². The second kappa shape index (κ2) is 8.77. The highest BCUT2D eigenvalue weighted by atomic mass is 35.5. The average Bonchev–Trinajstić information content (AvgIpc) is 3.30. The second-order valence-electron chi connectivity index (χ2n) is 7.53. The summed E-state index contributed by atoms with van der Waals surface area (Å²) >= 11 is 11.8. The molecule has 0 saturated carbocycles. The van der Waals surface area contributed by atoms with E-state index in [1.807, 2.05) is 66.4 Å². The molecule has 1 atom stereocenters. The lowest BCUT2D eigenvalue weighted by molar-refractivity contribution is 0.404. The highest BCUT2D eigenvalue weighted by molar-refractivity contribution is 7.80. The van der Waals surface area contributed by atoms with Crippen molar-refractivity contribution in [1.82, 2.24) is 15.5 Å². The first-order valence-electron chi connectivity index (χ1n) is 10.2. The van der Waals surface area contributed by atoms with E-state index in [9.17, 15) is 4.39 Å². The first kappa shape index (κ1) is 21.3. The van der Waals surface area contributed by atoms with Crippen LogP contribution in [0.25, 0.3) is 17.0 Å². The van der Waals surface area contributed by atoms with E-state index in [4.69, 9.17) is 28.3 Å².